The van der Waals surface area contributed by atoms with Crippen molar-refractivity contribution in [1.29, 1.82) is 0 Å². The molecule has 0 amide bonds. The first-order valence-electron chi connectivity index (χ1n) is 4.53. The molecule has 1 rings (SSSR count). The molecule has 0 N–H and O–H groups in total. The first kappa shape index (κ1) is 11.1. The van der Waals surface area contributed by atoms with Crippen molar-refractivity contribution in [1.82, 2.24) is 9.78 Å². The number of esters is 1. The van der Waals surface area contributed by atoms with Gasteiger partial charge in [-0.2, -0.15) is 5.10 Å². The van der Waals surface area contributed by atoms with Gasteiger partial charge in [0.2, 0.25) is 0 Å². The number of carbonyl (C=O) groups excluding carboxylic acids is 1. The number of aromatic nitrogens is 2. The number of thioether (sulfide) groups is 1. The third-order valence-electron chi connectivity index (χ3n) is 1.63. The van der Waals surface area contributed by atoms with Crippen LogP contribution in [0.5, 0.6) is 0 Å². The largest absolute Gasteiger partial charge is 0.461 e. The lowest BCUT2D eigenvalue weighted by molar-refractivity contribution is 0.0513. The van der Waals surface area contributed by atoms with Gasteiger partial charge in [-0.05, 0) is 12.7 Å². The number of ether oxygens (including phenoxy) is 1. The van der Waals surface area contributed by atoms with E-state index in [0.717, 1.165) is 10.8 Å². The highest BCUT2D eigenvalue weighted by Crippen LogP contribution is 2.17. The van der Waals surface area contributed by atoms with Crippen molar-refractivity contribution >= 4 is 17.7 Å². The van der Waals surface area contributed by atoms with Crippen LogP contribution >= 0.6 is 11.8 Å². The van der Waals surface area contributed by atoms with E-state index in [9.17, 15) is 4.79 Å². The molecular formula is C9H14N2O2S. The summed E-state index contributed by atoms with van der Waals surface area (Å²) in [4.78, 5) is 11.4. The smallest absolute Gasteiger partial charge is 0.356 e. The van der Waals surface area contributed by atoms with Crippen molar-refractivity contribution < 1.29 is 9.53 Å². The summed E-state index contributed by atoms with van der Waals surface area (Å²) in [6.45, 7) is 4.22. The Morgan fingerprint density at radius 2 is 2.36 bits per heavy atom. The van der Waals surface area contributed by atoms with Gasteiger partial charge in [0.15, 0.2) is 0 Å². The fourth-order valence-corrected chi connectivity index (χ4v) is 1.73. The number of aryl methyl sites for hydroxylation is 1. The molecule has 0 bridgehead atoms. The molecule has 0 spiro atoms. The van der Waals surface area contributed by atoms with Gasteiger partial charge in [0.25, 0.3) is 0 Å². The van der Waals surface area contributed by atoms with E-state index in [1.807, 2.05) is 6.92 Å². The van der Waals surface area contributed by atoms with Crippen LogP contribution in [0.3, 0.4) is 0 Å². The van der Waals surface area contributed by atoms with E-state index in [4.69, 9.17) is 4.74 Å². The summed E-state index contributed by atoms with van der Waals surface area (Å²) in [5.74, 6) is 0.629. The van der Waals surface area contributed by atoms with Gasteiger partial charge < -0.3 is 4.74 Å². The minimum Gasteiger partial charge on any atom is -0.461 e. The van der Waals surface area contributed by atoms with Crippen molar-refractivity contribution in [2.75, 3.05) is 12.4 Å². The van der Waals surface area contributed by atoms with Crippen LogP contribution in [0.2, 0.25) is 0 Å². The van der Waals surface area contributed by atoms with Gasteiger partial charge in [-0.1, -0.05) is 6.92 Å². The molecular weight excluding hydrogens is 200 g/mol. The maximum Gasteiger partial charge on any atom is 0.356 e. The summed E-state index contributed by atoms with van der Waals surface area (Å²) in [5.41, 5.74) is 0.503. The SMILES string of the molecule is CCOC(=O)c1cc(SCC)nn1C. The predicted octanol–water partition coefficient (Wildman–Crippen LogP) is 1.71. The number of carbonyl (C=O) groups is 1. The van der Waals surface area contributed by atoms with E-state index in [2.05, 4.69) is 5.10 Å². The Balaban J connectivity index is 2.81. The molecule has 4 nitrogen and oxygen atoms in total. The van der Waals surface area contributed by atoms with Crippen LogP contribution in [0.25, 0.3) is 0 Å². The van der Waals surface area contributed by atoms with Crippen molar-refractivity contribution in [3.05, 3.63) is 11.8 Å². The molecule has 0 atom stereocenters. The minimum atomic E-state index is -0.314. The molecule has 0 saturated heterocycles. The van der Waals surface area contributed by atoms with Crippen LogP contribution in [0.1, 0.15) is 24.3 Å². The third kappa shape index (κ3) is 2.51. The first-order chi connectivity index (χ1) is 6.69. The molecule has 1 aromatic heterocycles. The average molecular weight is 214 g/mol. The topological polar surface area (TPSA) is 44.1 Å². The van der Waals surface area contributed by atoms with Gasteiger partial charge >= 0.3 is 5.97 Å². The Morgan fingerprint density at radius 3 is 2.93 bits per heavy atom. The van der Waals surface area contributed by atoms with E-state index >= 15 is 0 Å². The first-order valence-corrected chi connectivity index (χ1v) is 5.51. The lowest BCUT2D eigenvalue weighted by atomic mass is 10.4. The quantitative estimate of drug-likeness (QED) is 0.565. The Bertz CT molecular complexity index is 323. The summed E-state index contributed by atoms with van der Waals surface area (Å²) in [6, 6.07) is 1.76. The molecule has 14 heavy (non-hydrogen) atoms. The summed E-state index contributed by atoms with van der Waals surface area (Å²) >= 11 is 1.61. The monoisotopic (exact) mass is 214 g/mol. The maximum atomic E-state index is 11.4. The molecule has 0 aliphatic carbocycles. The fraction of sp³-hybridized carbons (Fsp3) is 0.556. The average Bonchev–Trinajstić information content (AvgIpc) is 2.48. The number of hydrogen-bond donors (Lipinski definition) is 0. The Kier molecular flexibility index (Phi) is 4.00. The fourth-order valence-electron chi connectivity index (χ4n) is 1.06. The molecule has 0 aromatic carbocycles. The molecule has 0 fully saturated rings. The zero-order valence-electron chi connectivity index (χ0n) is 8.61. The lowest BCUT2D eigenvalue weighted by Crippen LogP contribution is -2.10. The van der Waals surface area contributed by atoms with Gasteiger partial charge in [-0.25, -0.2) is 4.79 Å². The Hall–Kier alpha value is -0.970. The van der Waals surface area contributed by atoms with Gasteiger partial charge in [0.05, 0.1) is 6.61 Å². The predicted molar refractivity (Wildman–Crippen MR) is 55.6 cm³/mol. The van der Waals surface area contributed by atoms with Crippen molar-refractivity contribution in [3.63, 3.8) is 0 Å². The van der Waals surface area contributed by atoms with Crippen LogP contribution in [0.15, 0.2) is 11.1 Å². The molecule has 0 radical (unpaired) electrons. The molecule has 0 aliphatic rings. The number of nitrogens with zero attached hydrogens (tertiary/aromatic N) is 2. The minimum absolute atomic E-state index is 0.314. The zero-order valence-corrected chi connectivity index (χ0v) is 9.43. The highest BCUT2D eigenvalue weighted by molar-refractivity contribution is 7.99. The molecule has 1 aromatic rings. The molecule has 0 saturated carbocycles. The van der Waals surface area contributed by atoms with E-state index < -0.39 is 0 Å². The zero-order chi connectivity index (χ0) is 10.6. The number of hydrogen-bond acceptors (Lipinski definition) is 4. The van der Waals surface area contributed by atoms with Crippen LogP contribution < -0.4 is 0 Å². The number of rotatable bonds is 4. The van der Waals surface area contributed by atoms with Crippen LogP contribution in [-0.2, 0) is 11.8 Å². The summed E-state index contributed by atoms with van der Waals surface area (Å²) in [7, 11) is 1.74. The summed E-state index contributed by atoms with van der Waals surface area (Å²) in [6.07, 6.45) is 0. The standard InChI is InChI=1S/C9H14N2O2S/c1-4-13-9(12)7-6-8(14-5-2)10-11(7)3/h6H,4-5H2,1-3H3. The molecule has 1 heterocycles. The van der Waals surface area contributed by atoms with Crippen molar-refractivity contribution in [3.8, 4) is 0 Å². The van der Waals surface area contributed by atoms with Gasteiger partial charge in [-0.3, -0.25) is 4.68 Å². The molecule has 5 heteroatoms. The highest BCUT2D eigenvalue weighted by Gasteiger charge is 2.13. The summed E-state index contributed by atoms with van der Waals surface area (Å²) in [5, 5.41) is 5.04. The second kappa shape index (κ2) is 5.05. The lowest BCUT2D eigenvalue weighted by Gasteiger charge is -1.99. The molecule has 0 unspecified atom stereocenters. The summed E-state index contributed by atoms with van der Waals surface area (Å²) < 4.78 is 6.44. The van der Waals surface area contributed by atoms with Crippen LogP contribution in [-0.4, -0.2) is 28.1 Å². The normalized spacial score (nSPS) is 10.2. The Labute approximate surface area is 87.6 Å². The third-order valence-corrected chi connectivity index (χ3v) is 2.42. The van der Waals surface area contributed by atoms with E-state index in [-0.39, 0.29) is 5.97 Å². The van der Waals surface area contributed by atoms with Gasteiger partial charge in [0, 0.05) is 13.1 Å². The van der Waals surface area contributed by atoms with Crippen LogP contribution in [0, 0.1) is 0 Å². The van der Waals surface area contributed by atoms with Gasteiger partial charge in [-0.15, -0.1) is 11.8 Å². The maximum absolute atomic E-state index is 11.4. The van der Waals surface area contributed by atoms with E-state index in [1.165, 1.54) is 0 Å². The van der Waals surface area contributed by atoms with Crippen molar-refractivity contribution in [2.24, 2.45) is 7.05 Å². The second-order valence-corrected chi connectivity index (χ2v) is 3.93. The van der Waals surface area contributed by atoms with E-state index in [0.29, 0.717) is 12.3 Å². The van der Waals surface area contributed by atoms with Gasteiger partial charge in [0.1, 0.15) is 10.7 Å². The highest BCUT2D eigenvalue weighted by atomic mass is 32.2. The molecule has 0 aliphatic heterocycles. The van der Waals surface area contributed by atoms with Crippen molar-refractivity contribution in [2.45, 2.75) is 18.9 Å². The Morgan fingerprint density at radius 1 is 1.64 bits per heavy atom. The molecule has 78 valence electrons. The van der Waals surface area contributed by atoms with Crippen LogP contribution in [0.4, 0.5) is 0 Å². The second-order valence-electron chi connectivity index (χ2n) is 2.64. The van der Waals surface area contributed by atoms with E-state index in [1.54, 1.807) is 36.5 Å².